The van der Waals surface area contributed by atoms with Gasteiger partial charge in [-0.15, -0.1) is 11.3 Å². The van der Waals surface area contributed by atoms with Crippen LogP contribution in [0.15, 0.2) is 64.2 Å². The number of thiophene rings is 1. The summed E-state index contributed by atoms with van der Waals surface area (Å²) in [4.78, 5) is 12.6. The van der Waals surface area contributed by atoms with E-state index < -0.39 is 16.1 Å². The fourth-order valence-corrected chi connectivity index (χ4v) is 6.03. The van der Waals surface area contributed by atoms with E-state index >= 15 is 0 Å². The third-order valence-electron chi connectivity index (χ3n) is 4.02. The zero-order chi connectivity index (χ0) is 20.4. The summed E-state index contributed by atoms with van der Waals surface area (Å²) < 4.78 is 28.3. The molecule has 1 atom stereocenters. The molecule has 4 nitrogen and oxygen atoms in total. The smallest absolute Gasteiger partial charge is 0.250 e. The van der Waals surface area contributed by atoms with Crippen molar-refractivity contribution in [3.05, 3.63) is 65.5 Å². The summed E-state index contributed by atoms with van der Waals surface area (Å²) in [6.45, 7) is 5.91. The van der Waals surface area contributed by atoms with Crippen molar-refractivity contribution in [3.8, 4) is 0 Å². The second-order valence-corrected chi connectivity index (χ2v) is 12.3. The summed E-state index contributed by atoms with van der Waals surface area (Å²) in [6, 6.07) is 16.3. The number of fused-ring (bicyclic) bond motifs is 1. The van der Waals surface area contributed by atoms with E-state index in [9.17, 15) is 13.2 Å². The predicted octanol–water partition coefficient (Wildman–Crippen LogP) is 5.37. The van der Waals surface area contributed by atoms with Gasteiger partial charge < -0.3 is 0 Å². The monoisotopic (exact) mass is 433 g/mol. The molecule has 0 aliphatic heterocycles. The van der Waals surface area contributed by atoms with Gasteiger partial charge in [-0.3, -0.25) is 4.79 Å². The normalized spacial score (nSPS) is 13.5. The van der Waals surface area contributed by atoms with E-state index in [1.54, 1.807) is 17.5 Å². The van der Waals surface area contributed by atoms with Crippen molar-refractivity contribution in [2.45, 2.75) is 42.2 Å². The highest BCUT2D eigenvalue weighted by Crippen LogP contribution is 2.31. The molecule has 1 heterocycles. The number of carbonyl (C=O) groups is 1. The molecule has 28 heavy (non-hydrogen) atoms. The van der Waals surface area contributed by atoms with Crippen LogP contribution in [0.3, 0.4) is 0 Å². The van der Waals surface area contributed by atoms with E-state index in [-0.39, 0.29) is 20.5 Å². The maximum Gasteiger partial charge on any atom is 0.250 e. The summed E-state index contributed by atoms with van der Waals surface area (Å²) >= 11 is 2.39. The second-order valence-electron chi connectivity index (χ2n) is 7.50. The Balaban J connectivity index is 1.94. The van der Waals surface area contributed by atoms with E-state index in [4.69, 9.17) is 0 Å². The molecule has 0 saturated carbocycles. The molecule has 1 aromatic heterocycles. The Morgan fingerprint density at radius 1 is 1.07 bits per heavy atom. The SMILES string of the molecule is CC(C)(C)SC(=O)C[C@@H](NS(=O)(=O)c1cccs1)c1ccc2ccccc2c1. The first-order valence-electron chi connectivity index (χ1n) is 8.90. The average Bonchev–Trinajstić information content (AvgIpc) is 3.14. The summed E-state index contributed by atoms with van der Waals surface area (Å²) in [6.07, 6.45) is 0.0882. The van der Waals surface area contributed by atoms with Crippen LogP contribution in [0.1, 0.15) is 38.8 Å². The first kappa shape index (κ1) is 21.0. The van der Waals surface area contributed by atoms with Crippen LogP contribution in [0.2, 0.25) is 0 Å². The van der Waals surface area contributed by atoms with Crippen molar-refractivity contribution >= 4 is 49.0 Å². The standard InChI is InChI=1S/C21H23NO3S3/c1-21(2,3)27-19(23)14-18(22-28(24,25)20-9-6-12-26-20)17-11-10-15-7-4-5-8-16(15)13-17/h4-13,18,22H,14H2,1-3H3/t18-/m1/s1. The van der Waals surface area contributed by atoms with Crippen LogP contribution in [-0.2, 0) is 14.8 Å². The van der Waals surface area contributed by atoms with E-state index in [1.165, 1.54) is 11.8 Å². The van der Waals surface area contributed by atoms with E-state index in [0.717, 1.165) is 27.7 Å². The highest BCUT2D eigenvalue weighted by atomic mass is 32.2. The van der Waals surface area contributed by atoms with Gasteiger partial charge in [0.25, 0.3) is 10.0 Å². The lowest BCUT2D eigenvalue weighted by atomic mass is 10.0. The topological polar surface area (TPSA) is 63.2 Å². The molecule has 0 fully saturated rings. The Morgan fingerprint density at radius 2 is 1.79 bits per heavy atom. The second kappa shape index (κ2) is 8.37. The van der Waals surface area contributed by atoms with Crippen molar-refractivity contribution in [1.29, 1.82) is 0 Å². The molecule has 3 aromatic rings. The fourth-order valence-electron chi connectivity index (χ4n) is 2.86. The molecule has 0 aliphatic rings. The van der Waals surface area contributed by atoms with Gasteiger partial charge in [0.2, 0.25) is 0 Å². The van der Waals surface area contributed by atoms with Gasteiger partial charge in [0.05, 0.1) is 6.04 Å². The quantitative estimate of drug-likeness (QED) is 0.568. The third-order valence-corrected chi connectivity index (χ3v) is 7.90. The minimum absolute atomic E-state index is 0.0421. The summed E-state index contributed by atoms with van der Waals surface area (Å²) in [5.74, 6) is 0. The lowest BCUT2D eigenvalue weighted by molar-refractivity contribution is -0.111. The minimum Gasteiger partial charge on any atom is -0.287 e. The van der Waals surface area contributed by atoms with Gasteiger partial charge >= 0.3 is 0 Å². The van der Waals surface area contributed by atoms with Crippen LogP contribution in [0, 0.1) is 0 Å². The van der Waals surface area contributed by atoms with Crippen molar-refractivity contribution in [1.82, 2.24) is 4.72 Å². The molecular weight excluding hydrogens is 410 g/mol. The maximum atomic E-state index is 12.8. The molecule has 2 aromatic carbocycles. The molecule has 0 aliphatic carbocycles. The Hall–Kier alpha value is -1.67. The molecule has 0 unspecified atom stereocenters. The maximum absolute atomic E-state index is 12.8. The molecule has 1 N–H and O–H groups in total. The lowest BCUT2D eigenvalue weighted by Gasteiger charge is -2.21. The van der Waals surface area contributed by atoms with E-state index in [0.29, 0.717) is 0 Å². The summed E-state index contributed by atoms with van der Waals surface area (Å²) in [5.41, 5.74) is 0.779. The van der Waals surface area contributed by atoms with Gasteiger partial charge in [-0.05, 0) is 33.8 Å². The lowest BCUT2D eigenvalue weighted by Crippen LogP contribution is -2.30. The average molecular weight is 434 g/mol. The van der Waals surface area contributed by atoms with Crippen LogP contribution in [0.25, 0.3) is 10.8 Å². The number of hydrogen-bond acceptors (Lipinski definition) is 5. The zero-order valence-electron chi connectivity index (χ0n) is 16.0. The first-order chi connectivity index (χ1) is 13.1. The number of thioether (sulfide) groups is 1. The first-order valence-corrected chi connectivity index (χ1v) is 12.1. The predicted molar refractivity (Wildman–Crippen MR) is 118 cm³/mol. The van der Waals surface area contributed by atoms with Gasteiger partial charge in [-0.25, -0.2) is 13.1 Å². The molecule has 0 amide bonds. The number of benzene rings is 2. The van der Waals surface area contributed by atoms with Gasteiger partial charge in [0.15, 0.2) is 5.12 Å². The highest BCUT2D eigenvalue weighted by molar-refractivity contribution is 8.14. The Kier molecular flexibility index (Phi) is 6.29. The van der Waals surface area contributed by atoms with Crippen LogP contribution < -0.4 is 4.72 Å². The number of nitrogens with one attached hydrogen (secondary N) is 1. The van der Waals surface area contributed by atoms with Crippen molar-refractivity contribution < 1.29 is 13.2 Å². The van der Waals surface area contributed by atoms with Gasteiger partial charge in [-0.1, -0.05) is 75.0 Å². The number of sulfonamides is 1. The molecule has 0 bridgehead atoms. The van der Waals surface area contributed by atoms with E-state index in [2.05, 4.69) is 4.72 Å². The van der Waals surface area contributed by atoms with Gasteiger partial charge in [0, 0.05) is 11.2 Å². The van der Waals surface area contributed by atoms with Crippen LogP contribution in [0.4, 0.5) is 0 Å². The van der Waals surface area contributed by atoms with E-state index in [1.807, 2.05) is 63.2 Å². The van der Waals surface area contributed by atoms with Crippen molar-refractivity contribution in [2.24, 2.45) is 0 Å². The van der Waals surface area contributed by atoms with Gasteiger partial charge in [0.1, 0.15) is 4.21 Å². The van der Waals surface area contributed by atoms with Crippen LogP contribution in [0.5, 0.6) is 0 Å². The Bertz CT molecular complexity index is 1070. The zero-order valence-corrected chi connectivity index (χ0v) is 18.5. The number of rotatable bonds is 6. The molecule has 0 spiro atoms. The molecule has 3 rings (SSSR count). The van der Waals surface area contributed by atoms with Crippen molar-refractivity contribution in [3.63, 3.8) is 0 Å². The van der Waals surface area contributed by atoms with Crippen LogP contribution in [-0.4, -0.2) is 18.3 Å². The minimum atomic E-state index is -3.70. The Morgan fingerprint density at radius 3 is 2.43 bits per heavy atom. The number of carbonyl (C=O) groups excluding carboxylic acids is 1. The van der Waals surface area contributed by atoms with Crippen molar-refractivity contribution in [2.75, 3.05) is 0 Å². The summed E-state index contributed by atoms with van der Waals surface area (Å²) in [5, 5.41) is 3.76. The largest absolute Gasteiger partial charge is 0.287 e. The Labute approximate surface area is 174 Å². The molecule has 148 valence electrons. The molecule has 7 heteroatoms. The highest BCUT2D eigenvalue weighted by Gasteiger charge is 2.26. The third kappa shape index (κ3) is 5.44. The molecular formula is C21H23NO3S3. The fraction of sp³-hybridized carbons (Fsp3) is 0.286. The molecule has 0 radical (unpaired) electrons. The molecule has 0 saturated heterocycles. The van der Waals surface area contributed by atoms with Crippen LogP contribution >= 0.6 is 23.1 Å². The number of hydrogen-bond donors (Lipinski definition) is 1. The van der Waals surface area contributed by atoms with Gasteiger partial charge in [-0.2, -0.15) is 0 Å². The summed E-state index contributed by atoms with van der Waals surface area (Å²) in [7, 11) is -3.70.